The first kappa shape index (κ1) is 23.1. The van der Waals surface area contributed by atoms with Gasteiger partial charge in [0.15, 0.2) is 17.0 Å². The van der Waals surface area contributed by atoms with E-state index < -0.39 is 17.8 Å². The van der Waals surface area contributed by atoms with Crippen molar-refractivity contribution < 1.29 is 22.7 Å². The van der Waals surface area contributed by atoms with Crippen molar-refractivity contribution in [3.05, 3.63) is 96.1 Å². The molecule has 0 fully saturated rings. The summed E-state index contributed by atoms with van der Waals surface area (Å²) in [5.41, 5.74) is 0.589. The Kier molecular flexibility index (Phi) is 5.88. The molecule has 5 rings (SSSR count). The summed E-state index contributed by atoms with van der Waals surface area (Å²) < 4.78 is 48.9. The van der Waals surface area contributed by atoms with E-state index in [0.717, 1.165) is 11.6 Å². The Labute approximate surface area is 203 Å². The summed E-state index contributed by atoms with van der Waals surface area (Å²) in [6.45, 7) is 0.498. The minimum absolute atomic E-state index is 0.0894. The van der Waals surface area contributed by atoms with Crippen LogP contribution in [0.4, 0.5) is 18.9 Å². The molecule has 0 spiro atoms. The molecule has 0 aliphatic rings. The number of aromatic nitrogens is 5. The van der Waals surface area contributed by atoms with Crippen LogP contribution in [0.5, 0.6) is 5.75 Å². The molecule has 5 aromatic rings. The van der Waals surface area contributed by atoms with Gasteiger partial charge in [-0.2, -0.15) is 23.4 Å². The monoisotopic (exact) mass is 492 g/mol. The van der Waals surface area contributed by atoms with E-state index in [2.05, 4.69) is 20.5 Å². The van der Waals surface area contributed by atoms with Crippen LogP contribution < -0.4 is 10.1 Å². The predicted octanol–water partition coefficient (Wildman–Crippen LogP) is 4.92. The number of hydrogen-bond acceptors (Lipinski definition) is 5. The van der Waals surface area contributed by atoms with Crippen molar-refractivity contribution in [3.8, 4) is 17.0 Å². The van der Waals surface area contributed by atoms with E-state index in [-0.39, 0.29) is 17.0 Å². The zero-order chi connectivity index (χ0) is 25.3. The molecule has 0 unspecified atom stereocenters. The van der Waals surface area contributed by atoms with Crippen LogP contribution in [0.3, 0.4) is 0 Å². The number of amides is 1. The topological polar surface area (TPSA) is 86.3 Å². The van der Waals surface area contributed by atoms with Crippen molar-refractivity contribution in [2.24, 2.45) is 0 Å². The van der Waals surface area contributed by atoms with Gasteiger partial charge in [-0.25, -0.2) is 9.50 Å². The number of nitrogens with zero attached hydrogens (tertiary/aromatic N) is 5. The number of benzene rings is 2. The molecule has 11 heteroatoms. The van der Waals surface area contributed by atoms with Gasteiger partial charge in [0.1, 0.15) is 5.75 Å². The summed E-state index contributed by atoms with van der Waals surface area (Å²) >= 11 is 0. The van der Waals surface area contributed by atoms with Gasteiger partial charge in [0.05, 0.1) is 31.2 Å². The van der Waals surface area contributed by atoms with Crippen LogP contribution in [-0.2, 0) is 12.7 Å². The Balaban J connectivity index is 1.43. The van der Waals surface area contributed by atoms with Gasteiger partial charge in [-0.15, -0.1) is 0 Å². The van der Waals surface area contributed by atoms with Gasteiger partial charge < -0.3 is 10.1 Å². The van der Waals surface area contributed by atoms with Gasteiger partial charge in [-0.1, -0.05) is 30.3 Å². The first-order valence-electron chi connectivity index (χ1n) is 10.8. The number of nitrogens with one attached hydrogen (secondary N) is 1. The van der Waals surface area contributed by atoms with Crippen molar-refractivity contribution in [2.45, 2.75) is 12.7 Å². The van der Waals surface area contributed by atoms with Crippen LogP contribution in [-0.4, -0.2) is 37.4 Å². The van der Waals surface area contributed by atoms with Crippen LogP contribution in [0.25, 0.3) is 16.9 Å². The van der Waals surface area contributed by atoms with Crippen LogP contribution in [0.2, 0.25) is 0 Å². The van der Waals surface area contributed by atoms with Crippen molar-refractivity contribution >= 4 is 17.2 Å². The van der Waals surface area contributed by atoms with Crippen molar-refractivity contribution in [1.29, 1.82) is 0 Å². The summed E-state index contributed by atoms with van der Waals surface area (Å²) in [6.07, 6.45) is -1.64. The number of hydrogen-bond donors (Lipinski definition) is 1. The van der Waals surface area contributed by atoms with Gasteiger partial charge in [0.25, 0.3) is 5.91 Å². The number of rotatable bonds is 6. The van der Waals surface area contributed by atoms with Crippen LogP contribution in [0, 0.1) is 0 Å². The number of methoxy groups -OCH3 is 1. The van der Waals surface area contributed by atoms with Crippen molar-refractivity contribution in [3.63, 3.8) is 0 Å². The molecule has 1 amide bonds. The quantitative estimate of drug-likeness (QED) is 0.364. The molecule has 182 valence electrons. The molecule has 0 aliphatic carbocycles. The van der Waals surface area contributed by atoms with E-state index in [0.29, 0.717) is 28.1 Å². The summed E-state index contributed by atoms with van der Waals surface area (Å²) in [5.74, 6) is -0.120. The highest BCUT2D eigenvalue weighted by molar-refractivity contribution is 6.03. The zero-order valence-electron chi connectivity index (χ0n) is 18.9. The number of alkyl halides is 3. The average Bonchev–Trinajstić information content (AvgIpc) is 3.50. The molecular weight excluding hydrogens is 473 g/mol. The van der Waals surface area contributed by atoms with Crippen LogP contribution in [0.1, 0.15) is 21.7 Å². The van der Waals surface area contributed by atoms with Gasteiger partial charge in [-0.3, -0.25) is 9.48 Å². The SMILES string of the molecule is COc1ccc(-c2cc(C(F)(F)F)n3nc(C(=O)Nc4cnn(Cc5ccccc5)c4)cc3n2)cc1. The third-order valence-corrected chi connectivity index (χ3v) is 5.41. The zero-order valence-corrected chi connectivity index (χ0v) is 18.9. The van der Waals surface area contributed by atoms with Gasteiger partial charge in [-0.05, 0) is 35.9 Å². The highest BCUT2D eigenvalue weighted by Gasteiger charge is 2.35. The van der Waals surface area contributed by atoms with Gasteiger partial charge in [0, 0.05) is 17.8 Å². The van der Waals surface area contributed by atoms with E-state index in [9.17, 15) is 18.0 Å². The fraction of sp³-hybridized carbons (Fsp3) is 0.120. The average molecular weight is 492 g/mol. The Morgan fingerprint density at radius 3 is 2.50 bits per heavy atom. The number of anilines is 1. The molecule has 0 atom stereocenters. The third-order valence-electron chi connectivity index (χ3n) is 5.41. The summed E-state index contributed by atoms with van der Waals surface area (Å²) in [5, 5.41) is 10.7. The first-order valence-corrected chi connectivity index (χ1v) is 10.8. The Bertz CT molecular complexity index is 1530. The van der Waals surface area contributed by atoms with E-state index in [1.54, 1.807) is 35.1 Å². The molecule has 8 nitrogen and oxygen atoms in total. The Morgan fingerprint density at radius 2 is 1.81 bits per heavy atom. The minimum Gasteiger partial charge on any atom is -0.497 e. The highest BCUT2D eigenvalue weighted by atomic mass is 19.4. The maximum Gasteiger partial charge on any atom is 0.433 e. The maximum absolute atomic E-state index is 13.9. The Hall–Kier alpha value is -4.67. The molecule has 0 saturated carbocycles. The molecule has 0 radical (unpaired) electrons. The molecule has 36 heavy (non-hydrogen) atoms. The first-order chi connectivity index (χ1) is 17.3. The van der Waals surface area contributed by atoms with E-state index >= 15 is 0 Å². The lowest BCUT2D eigenvalue weighted by Gasteiger charge is -2.11. The van der Waals surface area contributed by atoms with E-state index in [4.69, 9.17) is 4.74 Å². The molecule has 0 saturated heterocycles. The normalized spacial score (nSPS) is 11.6. The fourth-order valence-electron chi connectivity index (χ4n) is 3.68. The second kappa shape index (κ2) is 9.17. The third kappa shape index (κ3) is 4.76. The molecule has 0 bridgehead atoms. The molecule has 3 aromatic heterocycles. The largest absolute Gasteiger partial charge is 0.497 e. The van der Waals surface area contributed by atoms with Crippen LogP contribution in [0.15, 0.2) is 79.1 Å². The fourth-order valence-corrected chi connectivity index (χ4v) is 3.68. The Morgan fingerprint density at radius 1 is 1.06 bits per heavy atom. The summed E-state index contributed by atoms with van der Waals surface area (Å²) in [6, 6.07) is 18.2. The maximum atomic E-state index is 13.9. The molecule has 0 aliphatic heterocycles. The molecular formula is C25H19F3N6O2. The second-order valence-corrected chi connectivity index (χ2v) is 7.92. The van der Waals surface area contributed by atoms with Crippen LogP contribution >= 0.6 is 0 Å². The molecule has 2 aromatic carbocycles. The smallest absolute Gasteiger partial charge is 0.433 e. The van der Waals surface area contributed by atoms with Gasteiger partial charge >= 0.3 is 6.18 Å². The predicted molar refractivity (Wildman–Crippen MR) is 126 cm³/mol. The van der Waals surface area contributed by atoms with Crippen molar-refractivity contribution in [1.82, 2.24) is 24.4 Å². The summed E-state index contributed by atoms with van der Waals surface area (Å²) in [7, 11) is 1.49. The van der Waals surface area contributed by atoms with Gasteiger partial charge in [0.2, 0.25) is 0 Å². The molecule has 1 N–H and O–H groups in total. The van der Waals surface area contributed by atoms with Crippen molar-refractivity contribution in [2.75, 3.05) is 12.4 Å². The number of carbonyl (C=O) groups is 1. The standard InChI is InChI=1S/C25H19F3N6O2/c1-36-19-9-7-17(8-10-19)20-11-22(25(26,27)28)34-23(31-20)12-21(32-34)24(35)30-18-13-29-33(15-18)14-16-5-3-2-4-6-16/h2-13,15H,14H2,1H3,(H,30,35). The lowest BCUT2D eigenvalue weighted by molar-refractivity contribution is -0.142. The highest BCUT2D eigenvalue weighted by Crippen LogP contribution is 2.32. The lowest BCUT2D eigenvalue weighted by Crippen LogP contribution is -2.15. The molecule has 3 heterocycles. The lowest BCUT2D eigenvalue weighted by atomic mass is 10.1. The van der Waals surface area contributed by atoms with E-state index in [1.165, 1.54) is 19.4 Å². The second-order valence-electron chi connectivity index (χ2n) is 7.92. The summed E-state index contributed by atoms with van der Waals surface area (Å²) in [4.78, 5) is 17.1. The number of halogens is 3. The minimum atomic E-state index is -4.72. The number of fused-ring (bicyclic) bond motifs is 1. The number of carbonyl (C=O) groups excluding carboxylic acids is 1. The van der Waals surface area contributed by atoms with E-state index in [1.807, 2.05) is 30.3 Å². The number of ether oxygens (including phenoxy) is 1.